The molecule has 0 saturated heterocycles. The van der Waals surface area contributed by atoms with Gasteiger partial charge in [-0.1, -0.05) is 48.5 Å². The second-order valence-electron chi connectivity index (χ2n) is 7.39. The lowest BCUT2D eigenvalue weighted by molar-refractivity contribution is -0.660. The van der Waals surface area contributed by atoms with Gasteiger partial charge in [0.2, 0.25) is 11.4 Å². The average Bonchev–Trinajstić information content (AvgIpc) is 3.15. The van der Waals surface area contributed by atoms with Gasteiger partial charge in [-0.3, -0.25) is 0 Å². The first-order valence-electron chi connectivity index (χ1n) is 9.65. The molecule has 0 amide bonds. The minimum Gasteiger partial charge on any atom is -0.466 e. The van der Waals surface area contributed by atoms with Crippen molar-refractivity contribution in [3.63, 3.8) is 0 Å². The van der Waals surface area contributed by atoms with Gasteiger partial charge in [-0.05, 0) is 29.7 Å². The first-order valence-corrected chi connectivity index (χ1v) is 9.65. The Morgan fingerprint density at radius 3 is 2.53 bits per heavy atom. The molecular formula is C26H18FN2O+. The molecular weight excluding hydrogens is 375 g/mol. The molecule has 30 heavy (non-hydrogen) atoms. The molecule has 3 aromatic carbocycles. The standard InChI is InChI=1S/C26H18FN2O/c1-16-14-20(17-8-5-4-6-9-17)24-19-10-7-11-21(28-2)25(19)30-26(24)23(16)22-15-18(27)12-13-29(22)3/h4-15H,1,3H3/q+1. The summed E-state index contributed by atoms with van der Waals surface area (Å²) in [6.45, 7) is 9.56. The lowest BCUT2D eigenvalue weighted by Crippen LogP contribution is -2.30. The molecule has 0 unspecified atom stereocenters. The van der Waals surface area contributed by atoms with Crippen LogP contribution in [-0.4, -0.2) is 0 Å². The number of aryl methyl sites for hydroxylation is 2. The van der Waals surface area contributed by atoms with Gasteiger partial charge in [-0.2, -0.15) is 0 Å². The number of fused-ring (bicyclic) bond motifs is 3. The normalized spacial score (nSPS) is 11.1. The summed E-state index contributed by atoms with van der Waals surface area (Å²) in [6.07, 6.45) is 1.70. The Morgan fingerprint density at radius 1 is 0.967 bits per heavy atom. The lowest BCUT2D eigenvalue weighted by atomic mass is 9.92. The van der Waals surface area contributed by atoms with E-state index in [-0.39, 0.29) is 5.82 Å². The Kier molecular flexibility index (Phi) is 4.11. The number of halogens is 1. The monoisotopic (exact) mass is 393 g/mol. The molecule has 5 rings (SSSR count). The van der Waals surface area contributed by atoms with Crippen molar-refractivity contribution in [2.45, 2.75) is 6.92 Å². The van der Waals surface area contributed by atoms with E-state index in [4.69, 9.17) is 11.0 Å². The van der Waals surface area contributed by atoms with Crippen molar-refractivity contribution in [2.75, 3.05) is 0 Å². The molecule has 2 heterocycles. The van der Waals surface area contributed by atoms with Crippen LogP contribution in [-0.2, 0) is 7.05 Å². The second-order valence-corrected chi connectivity index (χ2v) is 7.39. The summed E-state index contributed by atoms with van der Waals surface area (Å²) < 4.78 is 22.4. The fourth-order valence-electron chi connectivity index (χ4n) is 4.13. The van der Waals surface area contributed by atoms with E-state index in [1.807, 2.05) is 48.9 Å². The molecule has 5 aromatic rings. The molecule has 0 saturated carbocycles. The van der Waals surface area contributed by atoms with E-state index in [1.165, 1.54) is 12.1 Å². The van der Waals surface area contributed by atoms with E-state index in [9.17, 15) is 4.39 Å². The Balaban J connectivity index is 2.00. The first-order chi connectivity index (χ1) is 14.6. The molecule has 0 aliphatic rings. The van der Waals surface area contributed by atoms with E-state index in [0.717, 1.165) is 38.7 Å². The molecule has 0 aliphatic heterocycles. The van der Waals surface area contributed by atoms with Gasteiger partial charge in [0, 0.05) is 22.9 Å². The van der Waals surface area contributed by atoms with Gasteiger partial charge >= 0.3 is 0 Å². The van der Waals surface area contributed by atoms with E-state index < -0.39 is 0 Å². The van der Waals surface area contributed by atoms with Crippen LogP contribution in [0.3, 0.4) is 0 Å². The molecule has 3 nitrogen and oxygen atoms in total. The van der Waals surface area contributed by atoms with Crippen molar-refractivity contribution in [3.8, 4) is 22.4 Å². The molecule has 0 atom stereocenters. The number of nitrogens with zero attached hydrogens (tertiary/aromatic N) is 2. The van der Waals surface area contributed by atoms with Crippen LogP contribution in [0, 0.1) is 19.3 Å². The number of aromatic nitrogens is 1. The SMILES string of the molecule is [C-]#[N+]c1cccc2c1oc1c(-c3cc(F)cc[n+]3C)c(C)cc(-c3ccccc3)c12. The molecule has 0 fully saturated rings. The third-order valence-electron chi connectivity index (χ3n) is 5.52. The van der Waals surface area contributed by atoms with Crippen molar-refractivity contribution >= 4 is 27.6 Å². The Morgan fingerprint density at radius 2 is 1.77 bits per heavy atom. The van der Waals surface area contributed by atoms with Gasteiger partial charge < -0.3 is 4.42 Å². The molecule has 0 bridgehead atoms. The number of hydrogen-bond acceptors (Lipinski definition) is 1. The predicted molar refractivity (Wildman–Crippen MR) is 117 cm³/mol. The predicted octanol–water partition coefficient (Wildman–Crippen LogP) is 6.74. The second kappa shape index (κ2) is 6.82. The number of pyridine rings is 1. The number of para-hydroxylation sites is 1. The van der Waals surface area contributed by atoms with Crippen LogP contribution in [0.15, 0.2) is 77.3 Å². The van der Waals surface area contributed by atoms with E-state index in [0.29, 0.717) is 16.9 Å². The molecule has 0 radical (unpaired) electrons. The van der Waals surface area contributed by atoms with Crippen molar-refractivity contribution in [3.05, 3.63) is 95.7 Å². The van der Waals surface area contributed by atoms with E-state index in [1.54, 1.807) is 12.3 Å². The highest BCUT2D eigenvalue weighted by molar-refractivity contribution is 6.18. The van der Waals surface area contributed by atoms with Crippen LogP contribution in [0.1, 0.15) is 5.56 Å². The topological polar surface area (TPSA) is 21.4 Å². The highest BCUT2D eigenvalue weighted by atomic mass is 19.1. The summed E-state index contributed by atoms with van der Waals surface area (Å²) in [6, 6.07) is 20.8. The summed E-state index contributed by atoms with van der Waals surface area (Å²) in [7, 11) is 1.89. The Hall–Kier alpha value is -3.97. The minimum atomic E-state index is -0.305. The fraction of sp³-hybridized carbons (Fsp3) is 0.0769. The maximum absolute atomic E-state index is 14.1. The Bertz CT molecular complexity index is 1480. The maximum atomic E-state index is 14.1. The first kappa shape index (κ1) is 18.1. The third-order valence-corrected chi connectivity index (χ3v) is 5.52. The van der Waals surface area contributed by atoms with Gasteiger partial charge in [0.25, 0.3) is 0 Å². The van der Waals surface area contributed by atoms with Crippen molar-refractivity contribution in [2.24, 2.45) is 7.05 Å². The van der Waals surface area contributed by atoms with Gasteiger partial charge in [0.1, 0.15) is 24.0 Å². The van der Waals surface area contributed by atoms with Crippen LogP contribution < -0.4 is 4.57 Å². The molecule has 0 spiro atoms. The van der Waals surface area contributed by atoms with Gasteiger partial charge in [-0.25, -0.2) is 13.8 Å². The van der Waals surface area contributed by atoms with Crippen molar-refractivity contribution in [1.29, 1.82) is 0 Å². The largest absolute Gasteiger partial charge is 0.466 e. The van der Waals surface area contributed by atoms with Gasteiger partial charge in [0.15, 0.2) is 6.20 Å². The lowest BCUT2D eigenvalue weighted by Gasteiger charge is -2.11. The molecule has 0 aliphatic carbocycles. The maximum Gasteiger partial charge on any atom is 0.229 e. The van der Waals surface area contributed by atoms with Crippen molar-refractivity contribution < 1.29 is 13.4 Å². The zero-order chi connectivity index (χ0) is 20.8. The highest BCUT2D eigenvalue weighted by Crippen LogP contribution is 2.44. The summed E-state index contributed by atoms with van der Waals surface area (Å²) in [5.74, 6) is -0.305. The van der Waals surface area contributed by atoms with Crippen LogP contribution in [0.5, 0.6) is 0 Å². The smallest absolute Gasteiger partial charge is 0.229 e. The van der Waals surface area contributed by atoms with E-state index in [2.05, 4.69) is 23.0 Å². The number of benzene rings is 3. The van der Waals surface area contributed by atoms with Crippen molar-refractivity contribution in [1.82, 2.24) is 0 Å². The van der Waals surface area contributed by atoms with Crippen LogP contribution >= 0.6 is 0 Å². The third kappa shape index (κ3) is 2.67. The summed E-state index contributed by atoms with van der Waals surface area (Å²) in [4.78, 5) is 3.64. The van der Waals surface area contributed by atoms with Crippen LogP contribution in [0.2, 0.25) is 0 Å². The zero-order valence-corrected chi connectivity index (χ0v) is 16.6. The molecule has 2 aromatic heterocycles. The molecule has 0 N–H and O–H groups in total. The molecule has 144 valence electrons. The fourth-order valence-corrected chi connectivity index (χ4v) is 4.13. The average molecular weight is 393 g/mol. The number of furan rings is 1. The van der Waals surface area contributed by atoms with Crippen LogP contribution in [0.4, 0.5) is 10.1 Å². The van der Waals surface area contributed by atoms with Gasteiger partial charge in [0.05, 0.1) is 12.1 Å². The minimum absolute atomic E-state index is 0.305. The zero-order valence-electron chi connectivity index (χ0n) is 16.6. The summed E-state index contributed by atoms with van der Waals surface area (Å²) >= 11 is 0. The quantitative estimate of drug-likeness (QED) is 0.240. The van der Waals surface area contributed by atoms with E-state index >= 15 is 0 Å². The van der Waals surface area contributed by atoms with Gasteiger partial charge in [-0.15, -0.1) is 0 Å². The highest BCUT2D eigenvalue weighted by Gasteiger charge is 2.25. The Labute approximate surface area is 173 Å². The summed E-state index contributed by atoms with van der Waals surface area (Å²) in [5.41, 5.74) is 6.33. The summed E-state index contributed by atoms with van der Waals surface area (Å²) in [5, 5.41) is 1.82. The molecule has 4 heteroatoms. The van der Waals surface area contributed by atoms with Crippen LogP contribution in [0.25, 0.3) is 49.2 Å². The number of hydrogen-bond donors (Lipinski definition) is 0. The number of rotatable bonds is 2.